The molecule has 1 aliphatic rings. The molecule has 0 spiro atoms. The molecule has 1 amide bonds. The molecular weight excluding hydrogens is 433 g/mol. The van der Waals surface area contributed by atoms with Crippen molar-refractivity contribution in [3.8, 4) is 5.75 Å². The molecule has 2 N–H and O–H groups in total. The Hall–Kier alpha value is -3.43. The number of hydrogen-bond donors (Lipinski definition) is 1. The van der Waals surface area contributed by atoms with Crippen molar-refractivity contribution in [2.24, 2.45) is 10.7 Å². The third kappa shape index (κ3) is 4.58. The summed E-state index contributed by atoms with van der Waals surface area (Å²) >= 11 is 0. The van der Waals surface area contributed by atoms with Gasteiger partial charge in [0.2, 0.25) is 0 Å². The zero-order valence-corrected chi connectivity index (χ0v) is 17.2. The van der Waals surface area contributed by atoms with E-state index in [1.807, 2.05) is 0 Å². The molecule has 2 aromatic rings. The van der Waals surface area contributed by atoms with Gasteiger partial charge >= 0.3 is 6.61 Å². The largest absolute Gasteiger partial charge is 0.435 e. The number of carbonyl (C=O) groups is 1. The lowest BCUT2D eigenvalue weighted by Crippen LogP contribution is -2.46. The fraction of sp³-hybridized carbons (Fsp3) is 0.273. The van der Waals surface area contributed by atoms with Crippen molar-refractivity contribution >= 4 is 11.6 Å². The van der Waals surface area contributed by atoms with Crippen molar-refractivity contribution in [3.05, 3.63) is 76.2 Å². The van der Waals surface area contributed by atoms with Crippen LogP contribution in [0.15, 0.2) is 52.7 Å². The van der Waals surface area contributed by atoms with Crippen LogP contribution in [0.2, 0.25) is 0 Å². The molecule has 10 heteroatoms. The fourth-order valence-electron chi connectivity index (χ4n) is 3.60. The Kier molecular flexibility index (Phi) is 6.81. The summed E-state index contributed by atoms with van der Waals surface area (Å²) in [7, 11) is 1.42. The molecule has 1 heterocycles. The molecular formula is C22H20F5N3O2. The summed E-state index contributed by atoms with van der Waals surface area (Å²) in [5, 5.41) is 0. The van der Waals surface area contributed by atoms with E-state index in [-0.39, 0.29) is 47.2 Å². The van der Waals surface area contributed by atoms with E-state index < -0.39 is 30.1 Å². The van der Waals surface area contributed by atoms with Crippen LogP contribution in [-0.4, -0.2) is 42.8 Å². The zero-order chi connectivity index (χ0) is 23.6. The first-order valence-corrected chi connectivity index (χ1v) is 9.60. The van der Waals surface area contributed by atoms with Crippen LogP contribution < -0.4 is 10.5 Å². The van der Waals surface area contributed by atoms with E-state index in [0.717, 1.165) is 12.1 Å². The minimum absolute atomic E-state index is 0.0310. The van der Waals surface area contributed by atoms with Crippen molar-refractivity contribution in [1.82, 2.24) is 4.90 Å². The van der Waals surface area contributed by atoms with Crippen LogP contribution in [0.3, 0.4) is 0 Å². The molecule has 5 nitrogen and oxygen atoms in total. The van der Waals surface area contributed by atoms with Gasteiger partial charge in [-0.05, 0) is 49.7 Å². The van der Waals surface area contributed by atoms with Gasteiger partial charge in [0, 0.05) is 36.0 Å². The molecule has 2 aromatic carbocycles. The number of aliphatic imine (C=N–C) groups is 1. The Labute approximate surface area is 181 Å². The highest BCUT2D eigenvalue weighted by Gasteiger charge is 2.31. The van der Waals surface area contributed by atoms with Gasteiger partial charge in [-0.25, -0.2) is 13.2 Å². The van der Waals surface area contributed by atoms with Crippen molar-refractivity contribution in [1.29, 1.82) is 0 Å². The standard InChI is InChI=1S/C22H20F5N3O2/c1-11-19(28)15(20(29-2)13-9-16(23)18(25)17(24)10-13)7-8-30(11)21(31)12-3-5-14(6-4-12)32-22(26)27/h3-6,9-11,22H,7-8,28H2,1-2H3/t11-/m0/s1. The molecule has 1 atom stereocenters. The average Bonchev–Trinajstić information content (AvgIpc) is 2.75. The quantitative estimate of drug-likeness (QED) is 0.418. The van der Waals surface area contributed by atoms with Gasteiger partial charge in [0.05, 0.1) is 11.8 Å². The third-order valence-electron chi connectivity index (χ3n) is 5.22. The van der Waals surface area contributed by atoms with E-state index in [1.54, 1.807) is 6.92 Å². The summed E-state index contributed by atoms with van der Waals surface area (Å²) in [4.78, 5) is 18.5. The second-order valence-corrected chi connectivity index (χ2v) is 7.09. The number of nitrogens with two attached hydrogens (primary N) is 1. The maximum atomic E-state index is 13.7. The fourth-order valence-corrected chi connectivity index (χ4v) is 3.60. The van der Waals surface area contributed by atoms with E-state index in [0.29, 0.717) is 5.57 Å². The Morgan fingerprint density at radius 1 is 1.12 bits per heavy atom. The average molecular weight is 453 g/mol. The minimum atomic E-state index is -2.97. The van der Waals surface area contributed by atoms with Crippen molar-refractivity contribution < 1.29 is 31.5 Å². The number of benzene rings is 2. The van der Waals surface area contributed by atoms with Crippen LogP contribution in [0.5, 0.6) is 5.75 Å². The number of nitrogens with zero attached hydrogens (tertiary/aromatic N) is 2. The molecule has 1 aliphatic heterocycles. The molecule has 0 aliphatic carbocycles. The number of ether oxygens (including phenoxy) is 1. The first-order chi connectivity index (χ1) is 15.1. The summed E-state index contributed by atoms with van der Waals surface area (Å²) < 4.78 is 69.6. The lowest BCUT2D eigenvalue weighted by molar-refractivity contribution is -0.0498. The molecule has 170 valence electrons. The lowest BCUT2D eigenvalue weighted by atomic mass is 9.91. The summed E-state index contributed by atoms with van der Waals surface area (Å²) in [6.45, 7) is -1.07. The summed E-state index contributed by atoms with van der Waals surface area (Å²) in [6.07, 6.45) is 0.238. The van der Waals surface area contributed by atoms with Crippen LogP contribution in [0.1, 0.15) is 29.3 Å². The number of rotatable bonds is 5. The summed E-state index contributed by atoms with van der Waals surface area (Å²) in [6, 6.07) is 6.35. The summed E-state index contributed by atoms with van der Waals surface area (Å²) in [5.74, 6) is -4.73. The topological polar surface area (TPSA) is 67.9 Å². The smallest absolute Gasteiger partial charge is 0.387 e. The van der Waals surface area contributed by atoms with Crippen molar-refractivity contribution in [2.75, 3.05) is 13.6 Å². The van der Waals surface area contributed by atoms with Crippen molar-refractivity contribution in [2.45, 2.75) is 26.0 Å². The normalized spacial score (nSPS) is 17.2. The molecule has 32 heavy (non-hydrogen) atoms. The predicted molar refractivity (Wildman–Crippen MR) is 108 cm³/mol. The Balaban J connectivity index is 1.86. The first kappa shape index (κ1) is 23.2. The predicted octanol–water partition coefficient (Wildman–Crippen LogP) is 4.27. The number of hydrogen-bond acceptors (Lipinski definition) is 4. The third-order valence-corrected chi connectivity index (χ3v) is 5.22. The molecule has 0 saturated carbocycles. The molecule has 0 saturated heterocycles. The van der Waals surface area contributed by atoms with Crippen LogP contribution in [0, 0.1) is 17.5 Å². The van der Waals surface area contributed by atoms with E-state index >= 15 is 0 Å². The van der Waals surface area contributed by atoms with Crippen LogP contribution >= 0.6 is 0 Å². The lowest BCUT2D eigenvalue weighted by Gasteiger charge is -2.36. The van der Waals surface area contributed by atoms with Gasteiger partial charge in [0.15, 0.2) is 17.5 Å². The zero-order valence-electron chi connectivity index (χ0n) is 17.2. The highest BCUT2D eigenvalue weighted by molar-refractivity contribution is 6.13. The molecule has 0 fully saturated rings. The van der Waals surface area contributed by atoms with Crippen molar-refractivity contribution in [3.63, 3.8) is 0 Å². The maximum Gasteiger partial charge on any atom is 0.387 e. The van der Waals surface area contributed by atoms with Gasteiger partial charge in [0.25, 0.3) is 5.91 Å². The SMILES string of the molecule is CN=C(C1=C(N)[C@H](C)N(C(=O)c2ccc(OC(F)F)cc2)CC1)c1cc(F)c(F)c(F)c1. The van der Waals surface area contributed by atoms with Crippen LogP contribution in [0.4, 0.5) is 22.0 Å². The van der Waals surface area contributed by atoms with Crippen LogP contribution in [0.25, 0.3) is 0 Å². The number of alkyl halides is 2. The van der Waals surface area contributed by atoms with Gasteiger partial charge in [-0.15, -0.1) is 0 Å². The van der Waals surface area contributed by atoms with E-state index in [9.17, 15) is 26.7 Å². The molecule has 0 radical (unpaired) electrons. The Bertz CT molecular complexity index is 1060. The molecule has 0 unspecified atom stereocenters. The van der Waals surface area contributed by atoms with Gasteiger partial charge < -0.3 is 15.4 Å². The van der Waals surface area contributed by atoms with Gasteiger partial charge in [-0.1, -0.05) is 0 Å². The Morgan fingerprint density at radius 3 is 2.25 bits per heavy atom. The number of carbonyl (C=O) groups excluding carboxylic acids is 1. The van der Waals surface area contributed by atoms with E-state index in [1.165, 1.54) is 36.2 Å². The van der Waals surface area contributed by atoms with E-state index in [2.05, 4.69) is 9.73 Å². The van der Waals surface area contributed by atoms with Gasteiger partial charge in [-0.2, -0.15) is 8.78 Å². The minimum Gasteiger partial charge on any atom is -0.435 e. The number of amides is 1. The monoisotopic (exact) mass is 453 g/mol. The Morgan fingerprint density at radius 2 is 1.72 bits per heavy atom. The van der Waals surface area contributed by atoms with Gasteiger partial charge in [-0.3, -0.25) is 9.79 Å². The second kappa shape index (κ2) is 9.37. The van der Waals surface area contributed by atoms with Gasteiger partial charge in [0.1, 0.15) is 5.75 Å². The molecule has 0 aromatic heterocycles. The highest BCUT2D eigenvalue weighted by Crippen LogP contribution is 2.27. The second-order valence-electron chi connectivity index (χ2n) is 7.09. The first-order valence-electron chi connectivity index (χ1n) is 9.60. The van der Waals surface area contributed by atoms with E-state index in [4.69, 9.17) is 5.73 Å². The summed E-state index contributed by atoms with van der Waals surface area (Å²) in [5.41, 5.74) is 7.52. The maximum absolute atomic E-state index is 13.7. The highest BCUT2D eigenvalue weighted by atomic mass is 19.3. The van der Waals surface area contributed by atoms with Crippen LogP contribution in [-0.2, 0) is 0 Å². The molecule has 3 rings (SSSR count). The molecule has 0 bridgehead atoms. The number of halogens is 5.